The van der Waals surface area contributed by atoms with Gasteiger partial charge in [0, 0.05) is 25.7 Å². The van der Waals surface area contributed by atoms with E-state index in [0.29, 0.717) is 6.04 Å². The van der Waals surface area contributed by atoms with Crippen molar-refractivity contribution in [2.24, 2.45) is 0 Å². The second-order valence-electron chi connectivity index (χ2n) is 4.47. The molecule has 15 heavy (non-hydrogen) atoms. The molecule has 0 aliphatic carbocycles. The van der Waals surface area contributed by atoms with Crippen LogP contribution >= 0.6 is 0 Å². The number of hydrogen-bond acceptors (Lipinski definition) is 2. The van der Waals surface area contributed by atoms with Gasteiger partial charge in [0.2, 0.25) is 5.91 Å². The molecule has 2 aliphatic rings. The van der Waals surface area contributed by atoms with Crippen molar-refractivity contribution < 1.29 is 4.79 Å². The Kier molecular flexibility index (Phi) is 3.41. The molecule has 1 atom stereocenters. The molecule has 3 heteroatoms. The van der Waals surface area contributed by atoms with E-state index < -0.39 is 0 Å². The maximum atomic E-state index is 11.7. The number of allylic oxidation sites excluding steroid dienone is 1. The van der Waals surface area contributed by atoms with E-state index in [0.717, 1.165) is 19.6 Å². The number of fused-ring (bicyclic) bond motifs is 1. The van der Waals surface area contributed by atoms with E-state index in [9.17, 15) is 4.79 Å². The molecule has 2 fully saturated rings. The van der Waals surface area contributed by atoms with Gasteiger partial charge in [-0.25, -0.2) is 0 Å². The van der Waals surface area contributed by atoms with Crippen molar-refractivity contribution >= 4 is 5.91 Å². The Morgan fingerprint density at radius 1 is 1.27 bits per heavy atom. The van der Waals surface area contributed by atoms with Crippen molar-refractivity contribution in [2.75, 3.05) is 26.2 Å². The minimum absolute atomic E-state index is 0.183. The number of amides is 1. The molecule has 0 aromatic heterocycles. The zero-order chi connectivity index (χ0) is 10.7. The van der Waals surface area contributed by atoms with Crippen LogP contribution in [0, 0.1) is 0 Å². The highest BCUT2D eigenvalue weighted by Crippen LogP contribution is 2.21. The predicted octanol–water partition coefficient (Wildman–Crippen LogP) is 1.26. The predicted molar refractivity (Wildman–Crippen MR) is 60.6 cm³/mol. The maximum absolute atomic E-state index is 11.7. The summed E-state index contributed by atoms with van der Waals surface area (Å²) in [6.07, 6.45) is 7.43. The molecule has 2 heterocycles. The fraction of sp³-hybridized carbons (Fsp3) is 0.750. The zero-order valence-electron chi connectivity index (χ0n) is 9.48. The number of rotatable bonds is 1. The topological polar surface area (TPSA) is 23.6 Å². The lowest BCUT2D eigenvalue weighted by molar-refractivity contribution is -0.129. The van der Waals surface area contributed by atoms with E-state index in [1.54, 1.807) is 6.08 Å². The first-order chi connectivity index (χ1) is 7.31. The molecule has 2 saturated heterocycles. The fourth-order valence-corrected chi connectivity index (χ4v) is 2.60. The molecule has 84 valence electrons. The standard InChI is InChI=1S/C12H20N2O/c1-2-5-12(15)14-9-8-13-7-4-3-6-11(13)10-14/h2,5,11H,3-4,6-10H2,1H3/b5-2+. The van der Waals surface area contributed by atoms with E-state index >= 15 is 0 Å². The van der Waals surface area contributed by atoms with Crippen LogP contribution in [0.5, 0.6) is 0 Å². The Balaban J connectivity index is 1.93. The molecular weight excluding hydrogens is 188 g/mol. The van der Waals surface area contributed by atoms with Crippen molar-refractivity contribution in [2.45, 2.75) is 32.2 Å². The van der Waals surface area contributed by atoms with Crippen LogP contribution in [0.25, 0.3) is 0 Å². The molecule has 0 aromatic carbocycles. The lowest BCUT2D eigenvalue weighted by Crippen LogP contribution is -2.55. The number of carbonyl (C=O) groups is 1. The third-order valence-corrected chi connectivity index (χ3v) is 3.46. The van der Waals surface area contributed by atoms with Gasteiger partial charge in [-0.3, -0.25) is 9.69 Å². The van der Waals surface area contributed by atoms with Gasteiger partial charge in [-0.15, -0.1) is 0 Å². The number of piperazine rings is 1. The number of nitrogens with zero attached hydrogens (tertiary/aromatic N) is 2. The summed E-state index contributed by atoms with van der Waals surface area (Å²) in [5.74, 6) is 0.183. The Morgan fingerprint density at radius 2 is 2.13 bits per heavy atom. The van der Waals surface area contributed by atoms with E-state index in [1.165, 1.54) is 25.8 Å². The van der Waals surface area contributed by atoms with Crippen molar-refractivity contribution in [3.63, 3.8) is 0 Å². The second-order valence-corrected chi connectivity index (χ2v) is 4.47. The molecular formula is C12H20N2O. The smallest absolute Gasteiger partial charge is 0.246 e. The lowest BCUT2D eigenvalue weighted by Gasteiger charge is -2.43. The van der Waals surface area contributed by atoms with Crippen LogP contribution in [-0.2, 0) is 4.79 Å². The molecule has 0 radical (unpaired) electrons. The van der Waals surface area contributed by atoms with Crippen LogP contribution in [0.15, 0.2) is 12.2 Å². The van der Waals surface area contributed by atoms with Crippen molar-refractivity contribution in [3.05, 3.63) is 12.2 Å². The maximum Gasteiger partial charge on any atom is 0.246 e. The van der Waals surface area contributed by atoms with Crippen LogP contribution in [0.2, 0.25) is 0 Å². The van der Waals surface area contributed by atoms with Crippen molar-refractivity contribution in [1.82, 2.24) is 9.80 Å². The van der Waals surface area contributed by atoms with Gasteiger partial charge >= 0.3 is 0 Å². The molecule has 2 aliphatic heterocycles. The van der Waals surface area contributed by atoms with Gasteiger partial charge < -0.3 is 4.90 Å². The monoisotopic (exact) mass is 208 g/mol. The van der Waals surface area contributed by atoms with Gasteiger partial charge in [-0.1, -0.05) is 12.5 Å². The Labute approximate surface area is 91.7 Å². The van der Waals surface area contributed by atoms with Gasteiger partial charge in [0.1, 0.15) is 0 Å². The van der Waals surface area contributed by atoms with Crippen LogP contribution in [0.3, 0.4) is 0 Å². The summed E-state index contributed by atoms with van der Waals surface area (Å²) in [6.45, 7) is 6.03. The van der Waals surface area contributed by atoms with E-state index in [2.05, 4.69) is 4.90 Å². The summed E-state index contributed by atoms with van der Waals surface area (Å²) in [4.78, 5) is 16.2. The summed E-state index contributed by atoms with van der Waals surface area (Å²) in [7, 11) is 0. The zero-order valence-corrected chi connectivity index (χ0v) is 9.48. The molecule has 2 rings (SSSR count). The summed E-state index contributed by atoms with van der Waals surface area (Å²) < 4.78 is 0. The average molecular weight is 208 g/mol. The number of piperidine rings is 1. The highest BCUT2D eigenvalue weighted by Gasteiger charge is 2.29. The van der Waals surface area contributed by atoms with Crippen LogP contribution < -0.4 is 0 Å². The quantitative estimate of drug-likeness (QED) is 0.606. The first-order valence-corrected chi connectivity index (χ1v) is 5.97. The third-order valence-electron chi connectivity index (χ3n) is 3.46. The van der Waals surface area contributed by atoms with E-state index in [4.69, 9.17) is 0 Å². The summed E-state index contributed by atoms with van der Waals surface area (Å²) >= 11 is 0. The molecule has 1 unspecified atom stereocenters. The van der Waals surface area contributed by atoms with Gasteiger partial charge in [-0.05, 0) is 32.4 Å². The van der Waals surface area contributed by atoms with Crippen LogP contribution in [0.4, 0.5) is 0 Å². The fourth-order valence-electron chi connectivity index (χ4n) is 2.60. The Hall–Kier alpha value is -0.830. The van der Waals surface area contributed by atoms with E-state index in [1.807, 2.05) is 17.9 Å². The van der Waals surface area contributed by atoms with Gasteiger partial charge in [0.25, 0.3) is 0 Å². The summed E-state index contributed by atoms with van der Waals surface area (Å²) in [6, 6.07) is 0.627. The van der Waals surface area contributed by atoms with Gasteiger partial charge in [-0.2, -0.15) is 0 Å². The Morgan fingerprint density at radius 3 is 2.93 bits per heavy atom. The SMILES string of the molecule is C/C=C/C(=O)N1CCN2CCCCC2C1. The minimum Gasteiger partial charge on any atom is -0.336 e. The molecule has 1 amide bonds. The molecule has 0 spiro atoms. The van der Waals surface area contributed by atoms with Crippen LogP contribution in [0.1, 0.15) is 26.2 Å². The summed E-state index contributed by atoms with van der Waals surface area (Å²) in [5, 5.41) is 0. The van der Waals surface area contributed by atoms with Crippen LogP contribution in [-0.4, -0.2) is 47.9 Å². The van der Waals surface area contributed by atoms with Crippen molar-refractivity contribution in [1.29, 1.82) is 0 Å². The first-order valence-electron chi connectivity index (χ1n) is 5.97. The minimum atomic E-state index is 0.183. The van der Waals surface area contributed by atoms with Gasteiger partial charge in [0.15, 0.2) is 0 Å². The molecule has 0 N–H and O–H groups in total. The second kappa shape index (κ2) is 4.79. The molecule has 0 aromatic rings. The molecule has 0 bridgehead atoms. The Bertz CT molecular complexity index is 262. The summed E-state index contributed by atoms with van der Waals surface area (Å²) in [5.41, 5.74) is 0. The number of hydrogen-bond donors (Lipinski definition) is 0. The highest BCUT2D eigenvalue weighted by atomic mass is 16.2. The highest BCUT2D eigenvalue weighted by molar-refractivity contribution is 5.87. The molecule has 3 nitrogen and oxygen atoms in total. The normalized spacial score (nSPS) is 28.1. The van der Waals surface area contributed by atoms with Crippen molar-refractivity contribution in [3.8, 4) is 0 Å². The number of carbonyl (C=O) groups excluding carboxylic acids is 1. The van der Waals surface area contributed by atoms with Gasteiger partial charge in [0.05, 0.1) is 0 Å². The average Bonchev–Trinajstić information content (AvgIpc) is 2.29. The largest absolute Gasteiger partial charge is 0.336 e. The lowest BCUT2D eigenvalue weighted by atomic mass is 9.99. The first kappa shape index (κ1) is 10.7. The third kappa shape index (κ3) is 2.40. The molecule has 0 saturated carbocycles. The van der Waals surface area contributed by atoms with E-state index in [-0.39, 0.29) is 5.91 Å².